The fraction of sp³-hybridized carbons (Fsp3) is 0.412. The highest BCUT2D eigenvalue weighted by atomic mass is 16.6. The zero-order chi connectivity index (χ0) is 18.7. The number of ether oxygens (including phenoxy) is 1. The van der Waals surface area contributed by atoms with Crippen LogP contribution >= 0.6 is 0 Å². The Bertz CT molecular complexity index is 776. The van der Waals surface area contributed by atoms with Crippen molar-refractivity contribution in [2.75, 3.05) is 29.0 Å². The molecule has 9 heteroatoms. The topological polar surface area (TPSA) is 119 Å². The molecule has 0 bridgehead atoms. The summed E-state index contributed by atoms with van der Waals surface area (Å²) >= 11 is 0. The van der Waals surface area contributed by atoms with E-state index in [0.29, 0.717) is 25.6 Å². The van der Waals surface area contributed by atoms with E-state index < -0.39 is 4.92 Å². The van der Waals surface area contributed by atoms with Gasteiger partial charge < -0.3 is 20.7 Å². The van der Waals surface area contributed by atoms with Gasteiger partial charge in [-0.15, -0.1) is 0 Å². The van der Waals surface area contributed by atoms with Gasteiger partial charge in [0.05, 0.1) is 17.1 Å². The van der Waals surface area contributed by atoms with E-state index in [1.165, 1.54) is 0 Å². The number of morpholine rings is 1. The summed E-state index contributed by atoms with van der Waals surface area (Å²) in [7, 11) is 0. The summed E-state index contributed by atoms with van der Waals surface area (Å²) in [6, 6.07) is 9.57. The molecule has 1 aromatic carbocycles. The van der Waals surface area contributed by atoms with E-state index in [-0.39, 0.29) is 29.5 Å². The van der Waals surface area contributed by atoms with Crippen molar-refractivity contribution in [3.05, 3.63) is 46.0 Å². The molecule has 0 spiro atoms. The molecule has 0 aliphatic carbocycles. The van der Waals surface area contributed by atoms with Gasteiger partial charge in [-0.3, -0.25) is 10.1 Å². The molecule has 1 fully saturated rings. The van der Waals surface area contributed by atoms with Crippen LogP contribution in [0.5, 0.6) is 0 Å². The molecule has 0 saturated carbocycles. The molecule has 2 atom stereocenters. The van der Waals surface area contributed by atoms with Gasteiger partial charge in [-0.1, -0.05) is 30.3 Å². The van der Waals surface area contributed by atoms with Gasteiger partial charge in [-0.2, -0.15) is 9.97 Å². The predicted octanol–water partition coefficient (Wildman–Crippen LogP) is 2.19. The van der Waals surface area contributed by atoms with Crippen LogP contribution in [0.1, 0.15) is 19.4 Å². The Balaban J connectivity index is 1.90. The van der Waals surface area contributed by atoms with Gasteiger partial charge in [0, 0.05) is 19.6 Å². The first-order valence-electron chi connectivity index (χ1n) is 8.44. The van der Waals surface area contributed by atoms with Gasteiger partial charge in [-0.05, 0) is 19.4 Å². The smallest absolute Gasteiger partial charge is 0.353 e. The van der Waals surface area contributed by atoms with E-state index >= 15 is 0 Å². The highest BCUT2D eigenvalue weighted by Gasteiger charge is 2.28. The van der Waals surface area contributed by atoms with Crippen LogP contribution in [0.15, 0.2) is 30.3 Å². The fourth-order valence-corrected chi connectivity index (χ4v) is 3.03. The van der Waals surface area contributed by atoms with Crippen molar-refractivity contribution >= 4 is 23.3 Å². The van der Waals surface area contributed by atoms with Crippen molar-refractivity contribution in [1.29, 1.82) is 0 Å². The highest BCUT2D eigenvalue weighted by molar-refractivity contribution is 5.70. The largest absolute Gasteiger partial charge is 0.378 e. The Morgan fingerprint density at radius 2 is 1.92 bits per heavy atom. The van der Waals surface area contributed by atoms with Crippen LogP contribution in [0.25, 0.3) is 0 Å². The Morgan fingerprint density at radius 3 is 2.54 bits per heavy atom. The molecule has 2 heterocycles. The highest BCUT2D eigenvalue weighted by Crippen LogP contribution is 2.31. The van der Waals surface area contributed by atoms with Crippen molar-refractivity contribution in [1.82, 2.24) is 9.97 Å². The van der Waals surface area contributed by atoms with Crippen molar-refractivity contribution in [3.63, 3.8) is 0 Å². The number of rotatable bonds is 5. The third kappa shape index (κ3) is 3.99. The lowest BCUT2D eigenvalue weighted by molar-refractivity contribution is -0.383. The van der Waals surface area contributed by atoms with Gasteiger partial charge in [0.15, 0.2) is 0 Å². The lowest BCUT2D eigenvalue weighted by Crippen LogP contribution is -2.46. The number of nitrogens with two attached hydrogens (primary N) is 1. The van der Waals surface area contributed by atoms with Crippen LogP contribution in [0.4, 0.5) is 23.3 Å². The minimum absolute atomic E-state index is 0.0134. The Hall–Kier alpha value is -2.94. The molecule has 1 saturated heterocycles. The number of nitrogens with zero attached hydrogens (tertiary/aromatic N) is 4. The van der Waals surface area contributed by atoms with Gasteiger partial charge in [0.2, 0.25) is 17.6 Å². The number of aromatic nitrogens is 2. The molecule has 9 nitrogen and oxygen atoms in total. The van der Waals surface area contributed by atoms with E-state index in [0.717, 1.165) is 5.56 Å². The average molecular weight is 358 g/mol. The summed E-state index contributed by atoms with van der Waals surface area (Å²) in [6.07, 6.45) is 0.0268. The number of benzene rings is 1. The second-order valence-electron chi connectivity index (χ2n) is 6.36. The summed E-state index contributed by atoms with van der Waals surface area (Å²) in [5, 5.41) is 14.4. The zero-order valence-corrected chi connectivity index (χ0v) is 14.8. The molecule has 1 aromatic heterocycles. The molecule has 1 aliphatic rings. The predicted molar refractivity (Wildman–Crippen MR) is 99.1 cm³/mol. The summed E-state index contributed by atoms with van der Waals surface area (Å²) in [4.78, 5) is 21.3. The molecule has 1 aliphatic heterocycles. The first-order chi connectivity index (χ1) is 12.4. The normalized spacial score (nSPS) is 20.0. The van der Waals surface area contributed by atoms with Crippen molar-refractivity contribution in [2.45, 2.75) is 32.6 Å². The maximum absolute atomic E-state index is 11.4. The van der Waals surface area contributed by atoms with Crippen molar-refractivity contribution < 1.29 is 9.66 Å². The molecule has 0 amide bonds. The number of anilines is 3. The maximum Gasteiger partial charge on any atom is 0.353 e. The number of nitrogen functional groups attached to an aromatic ring is 1. The van der Waals surface area contributed by atoms with Crippen LogP contribution in [-0.2, 0) is 11.3 Å². The Kier molecular flexibility index (Phi) is 5.17. The van der Waals surface area contributed by atoms with E-state index in [2.05, 4.69) is 15.3 Å². The van der Waals surface area contributed by atoms with Crippen LogP contribution in [0.2, 0.25) is 0 Å². The lowest BCUT2D eigenvalue weighted by atomic mass is 10.2. The molecular weight excluding hydrogens is 336 g/mol. The maximum atomic E-state index is 11.4. The molecule has 0 unspecified atom stereocenters. The molecular formula is C17H22N6O3. The van der Waals surface area contributed by atoms with Crippen LogP contribution in [-0.4, -0.2) is 40.2 Å². The lowest BCUT2D eigenvalue weighted by Gasteiger charge is -2.35. The van der Waals surface area contributed by atoms with Crippen LogP contribution in [0, 0.1) is 10.1 Å². The SMILES string of the molecule is C[C@@H]1CN(c2nc(N)c([N+](=O)[O-])c(NCc3ccccc3)n2)C[C@H](C)O1. The third-order valence-electron chi connectivity index (χ3n) is 4.09. The molecule has 26 heavy (non-hydrogen) atoms. The monoisotopic (exact) mass is 358 g/mol. The first kappa shape index (κ1) is 17.9. The second-order valence-corrected chi connectivity index (χ2v) is 6.36. The van der Waals surface area contributed by atoms with Crippen LogP contribution < -0.4 is 16.0 Å². The Morgan fingerprint density at radius 1 is 1.27 bits per heavy atom. The van der Waals surface area contributed by atoms with E-state index in [9.17, 15) is 10.1 Å². The molecule has 138 valence electrons. The molecule has 2 aromatic rings. The molecule has 3 N–H and O–H groups in total. The third-order valence-corrected chi connectivity index (χ3v) is 4.09. The van der Waals surface area contributed by atoms with Gasteiger partial charge >= 0.3 is 5.69 Å². The molecule has 0 radical (unpaired) electrons. The first-order valence-corrected chi connectivity index (χ1v) is 8.44. The van der Waals surface area contributed by atoms with Crippen LogP contribution in [0.3, 0.4) is 0 Å². The minimum atomic E-state index is -0.559. The van der Waals surface area contributed by atoms with Gasteiger partial charge in [0.25, 0.3) is 0 Å². The summed E-state index contributed by atoms with van der Waals surface area (Å²) in [5.41, 5.74) is 6.55. The van der Waals surface area contributed by atoms with Gasteiger partial charge in [0.1, 0.15) is 0 Å². The number of hydrogen-bond donors (Lipinski definition) is 2. The summed E-state index contributed by atoms with van der Waals surface area (Å²) in [6.45, 7) is 5.52. The quantitative estimate of drug-likeness (QED) is 0.616. The number of nitro groups is 1. The van der Waals surface area contributed by atoms with E-state index in [4.69, 9.17) is 10.5 Å². The number of nitrogens with one attached hydrogen (secondary N) is 1. The van der Waals surface area contributed by atoms with E-state index in [1.807, 2.05) is 49.1 Å². The zero-order valence-electron chi connectivity index (χ0n) is 14.8. The minimum Gasteiger partial charge on any atom is -0.378 e. The number of hydrogen-bond acceptors (Lipinski definition) is 8. The fourth-order valence-electron chi connectivity index (χ4n) is 3.03. The summed E-state index contributed by atoms with van der Waals surface area (Å²) < 4.78 is 5.71. The second kappa shape index (κ2) is 7.52. The molecule has 3 rings (SSSR count). The standard InChI is InChI=1S/C17H22N6O3/c1-11-9-22(10-12(2)26-11)17-20-15(18)14(23(24)25)16(21-17)19-8-13-6-4-3-5-7-13/h3-7,11-12H,8-10H2,1-2H3,(H3,18,19,20,21)/t11-,12+. The van der Waals surface area contributed by atoms with E-state index in [1.54, 1.807) is 0 Å². The summed E-state index contributed by atoms with van der Waals surface area (Å²) in [5.74, 6) is 0.334. The Labute approximate surface area is 151 Å². The average Bonchev–Trinajstić information content (AvgIpc) is 2.59. The van der Waals surface area contributed by atoms with Gasteiger partial charge in [-0.25, -0.2) is 0 Å². The van der Waals surface area contributed by atoms with Crippen molar-refractivity contribution in [3.8, 4) is 0 Å². The van der Waals surface area contributed by atoms with Crippen molar-refractivity contribution in [2.24, 2.45) is 0 Å².